The molecule has 4 aromatic rings. The van der Waals surface area contributed by atoms with Crippen molar-refractivity contribution in [2.24, 2.45) is 5.92 Å². The molecule has 1 N–H and O–H groups in total. The van der Waals surface area contributed by atoms with E-state index in [0.29, 0.717) is 37.4 Å². The second-order valence-corrected chi connectivity index (χ2v) is 12.3. The molecule has 218 valence electrons. The van der Waals surface area contributed by atoms with Crippen LogP contribution in [-0.2, 0) is 25.7 Å². The van der Waals surface area contributed by atoms with E-state index in [1.54, 1.807) is 49.6 Å². The molecule has 0 saturated carbocycles. The molecule has 1 fully saturated rings. The van der Waals surface area contributed by atoms with Crippen molar-refractivity contribution < 1.29 is 23.9 Å². The van der Waals surface area contributed by atoms with Crippen molar-refractivity contribution in [1.29, 1.82) is 0 Å². The first-order chi connectivity index (χ1) is 20.8. The molecule has 0 radical (unpaired) electrons. The summed E-state index contributed by atoms with van der Waals surface area (Å²) in [6, 6.07) is 16.2. The maximum absolute atomic E-state index is 14.0. The monoisotopic (exact) mass is 634 g/mol. The smallest absolute Gasteiger partial charge is 0.338 e. The summed E-state index contributed by atoms with van der Waals surface area (Å²) in [5.41, 5.74) is 1.83. The summed E-state index contributed by atoms with van der Waals surface area (Å²) in [6.45, 7) is 1.65. The highest BCUT2D eigenvalue weighted by Crippen LogP contribution is 2.53. The average Bonchev–Trinajstić information content (AvgIpc) is 3.45. The summed E-state index contributed by atoms with van der Waals surface area (Å²) in [5.74, 6) is -3.24. The van der Waals surface area contributed by atoms with Crippen LogP contribution in [0.15, 0.2) is 82.9 Å². The quantitative estimate of drug-likeness (QED) is 0.231. The number of nitrogens with zero attached hydrogens (tertiary/aromatic N) is 3. The lowest BCUT2D eigenvalue weighted by Gasteiger charge is -2.30. The number of fused-ring (bicyclic) bond motifs is 2. The molecule has 2 aromatic heterocycles. The summed E-state index contributed by atoms with van der Waals surface area (Å²) in [7, 11) is 0. The van der Waals surface area contributed by atoms with Crippen LogP contribution >= 0.6 is 34.7 Å². The third-order valence-electron chi connectivity index (χ3n) is 7.16. The number of pyridine rings is 1. The standard InChI is InChI=1S/C30H23ClN4O6S2/c1-2-41-29(39)16-5-11-20(12-6-16)35-26(37)23-22(17-4-3-13-32-14-17)25-28(42-24(23)27(35)38)34(30(40)43-25)15-21(36)33-19-9-7-18(31)8-10-19/h3-14,22-24H,2,15H2,1H3,(H,33,36)/t22-,23+,24-/m0/s1. The number of amides is 3. The van der Waals surface area contributed by atoms with Crippen molar-refractivity contribution >= 4 is 69.8 Å². The van der Waals surface area contributed by atoms with Crippen LogP contribution in [0.2, 0.25) is 5.02 Å². The van der Waals surface area contributed by atoms with Gasteiger partial charge in [-0.1, -0.05) is 40.8 Å². The van der Waals surface area contributed by atoms with E-state index in [-0.39, 0.29) is 18.0 Å². The molecule has 0 spiro atoms. The number of carbonyl (C=O) groups is 4. The molecule has 0 unspecified atom stereocenters. The molecule has 2 aromatic carbocycles. The lowest BCUT2D eigenvalue weighted by Crippen LogP contribution is -2.33. The van der Waals surface area contributed by atoms with Crippen molar-refractivity contribution in [2.45, 2.75) is 29.7 Å². The number of aromatic nitrogens is 2. The number of carbonyl (C=O) groups excluding carboxylic acids is 4. The number of halogens is 1. The van der Waals surface area contributed by atoms with E-state index >= 15 is 0 Å². The van der Waals surface area contributed by atoms with Gasteiger partial charge in [-0.15, -0.1) is 0 Å². The molecule has 2 aliphatic rings. The highest BCUT2D eigenvalue weighted by molar-refractivity contribution is 8.00. The van der Waals surface area contributed by atoms with Crippen molar-refractivity contribution in [2.75, 3.05) is 16.8 Å². The SMILES string of the molecule is CCOC(=O)c1ccc(N2C(=O)[C@@H]3[C@H](c4cccnc4)c4sc(=O)n(CC(=O)Nc5ccc(Cl)cc5)c4S[C@@H]3C2=O)cc1. The molecular weight excluding hydrogens is 612 g/mol. The Morgan fingerprint density at radius 3 is 2.44 bits per heavy atom. The highest BCUT2D eigenvalue weighted by Gasteiger charge is 2.56. The zero-order valence-electron chi connectivity index (χ0n) is 22.6. The Balaban J connectivity index is 1.35. The molecule has 2 aliphatic heterocycles. The van der Waals surface area contributed by atoms with E-state index in [9.17, 15) is 24.0 Å². The van der Waals surface area contributed by atoms with E-state index in [1.807, 2.05) is 6.07 Å². The number of rotatable bonds is 7. The van der Waals surface area contributed by atoms with Crippen LogP contribution in [0.4, 0.5) is 11.4 Å². The van der Waals surface area contributed by atoms with E-state index in [1.165, 1.54) is 28.8 Å². The first-order valence-electron chi connectivity index (χ1n) is 13.3. The summed E-state index contributed by atoms with van der Waals surface area (Å²) in [6.07, 6.45) is 3.23. The average molecular weight is 635 g/mol. The molecule has 4 heterocycles. The number of thioether (sulfide) groups is 1. The second kappa shape index (κ2) is 11.8. The Kier molecular flexibility index (Phi) is 7.91. The van der Waals surface area contributed by atoms with E-state index in [0.717, 1.165) is 28.0 Å². The van der Waals surface area contributed by atoms with Crippen LogP contribution < -0.4 is 15.1 Å². The third-order valence-corrected chi connectivity index (χ3v) is 10.0. The van der Waals surface area contributed by atoms with Crippen LogP contribution in [0.25, 0.3) is 0 Å². The first kappa shape index (κ1) is 28.8. The van der Waals surface area contributed by atoms with Gasteiger partial charge in [0, 0.05) is 33.9 Å². The number of hydrogen-bond donors (Lipinski definition) is 1. The molecule has 6 rings (SSSR count). The van der Waals surface area contributed by atoms with Crippen LogP contribution in [0.5, 0.6) is 0 Å². The zero-order valence-corrected chi connectivity index (χ0v) is 24.9. The van der Waals surface area contributed by atoms with Gasteiger partial charge in [0.15, 0.2) is 0 Å². The second-order valence-electron chi connectivity index (χ2n) is 9.79. The van der Waals surface area contributed by atoms with Crippen molar-refractivity contribution in [1.82, 2.24) is 9.55 Å². The van der Waals surface area contributed by atoms with Gasteiger partial charge in [-0.05, 0) is 67.1 Å². The van der Waals surface area contributed by atoms with Crippen molar-refractivity contribution in [3.05, 3.63) is 104 Å². The normalized spacial score (nSPS) is 19.1. The van der Waals surface area contributed by atoms with Gasteiger partial charge in [0.2, 0.25) is 17.7 Å². The number of thiazole rings is 1. The van der Waals surface area contributed by atoms with Crippen LogP contribution in [-0.4, -0.2) is 45.1 Å². The molecule has 3 atom stereocenters. The molecule has 0 aliphatic carbocycles. The van der Waals surface area contributed by atoms with E-state index < -0.39 is 40.8 Å². The first-order valence-corrected chi connectivity index (χ1v) is 15.3. The van der Waals surface area contributed by atoms with Gasteiger partial charge in [0.1, 0.15) is 11.8 Å². The number of anilines is 2. The Morgan fingerprint density at radius 2 is 1.77 bits per heavy atom. The van der Waals surface area contributed by atoms with Crippen molar-refractivity contribution in [3.63, 3.8) is 0 Å². The van der Waals surface area contributed by atoms with Crippen LogP contribution in [0.1, 0.15) is 33.6 Å². The zero-order chi connectivity index (χ0) is 30.2. The Morgan fingerprint density at radius 1 is 1.02 bits per heavy atom. The maximum Gasteiger partial charge on any atom is 0.338 e. The van der Waals surface area contributed by atoms with Gasteiger partial charge in [0.25, 0.3) is 0 Å². The van der Waals surface area contributed by atoms with Crippen molar-refractivity contribution in [3.8, 4) is 0 Å². The van der Waals surface area contributed by atoms with Crippen LogP contribution in [0.3, 0.4) is 0 Å². The van der Waals surface area contributed by atoms with E-state index in [4.69, 9.17) is 16.3 Å². The predicted octanol–water partition coefficient (Wildman–Crippen LogP) is 4.57. The molecule has 3 amide bonds. The molecule has 0 bridgehead atoms. The number of hydrogen-bond acceptors (Lipinski definition) is 9. The molecule has 1 saturated heterocycles. The molecule has 10 nitrogen and oxygen atoms in total. The number of benzene rings is 2. The van der Waals surface area contributed by atoms with Crippen LogP contribution in [0, 0.1) is 5.92 Å². The maximum atomic E-state index is 14.0. The predicted molar refractivity (Wildman–Crippen MR) is 163 cm³/mol. The minimum atomic E-state index is -0.852. The minimum absolute atomic E-state index is 0.220. The highest BCUT2D eigenvalue weighted by atomic mass is 35.5. The minimum Gasteiger partial charge on any atom is -0.462 e. The Labute approximate surface area is 258 Å². The lowest BCUT2D eigenvalue weighted by atomic mass is 9.84. The molecular formula is C30H23ClN4O6S2. The van der Waals surface area contributed by atoms with Gasteiger partial charge in [-0.3, -0.25) is 28.7 Å². The largest absolute Gasteiger partial charge is 0.462 e. The number of ether oxygens (including phenoxy) is 1. The van der Waals surface area contributed by atoms with Gasteiger partial charge < -0.3 is 10.1 Å². The Hall–Kier alpha value is -4.26. The fraction of sp³-hybridized carbons (Fsp3) is 0.200. The lowest BCUT2D eigenvalue weighted by molar-refractivity contribution is -0.122. The van der Waals surface area contributed by atoms with Gasteiger partial charge in [-0.25, -0.2) is 9.69 Å². The number of imide groups is 1. The summed E-state index contributed by atoms with van der Waals surface area (Å²) in [4.78, 5) is 71.8. The van der Waals surface area contributed by atoms with Gasteiger partial charge >= 0.3 is 10.8 Å². The van der Waals surface area contributed by atoms with Gasteiger partial charge in [0.05, 0.1) is 28.8 Å². The Bertz CT molecular complexity index is 1790. The topological polar surface area (TPSA) is 128 Å². The summed E-state index contributed by atoms with van der Waals surface area (Å²) >= 11 is 8.01. The third kappa shape index (κ3) is 5.37. The summed E-state index contributed by atoms with van der Waals surface area (Å²) in [5, 5.41) is 2.90. The van der Waals surface area contributed by atoms with E-state index in [2.05, 4.69) is 10.3 Å². The fourth-order valence-corrected chi connectivity index (χ4v) is 8.17. The fourth-order valence-electron chi connectivity index (χ4n) is 5.27. The number of esters is 1. The molecule has 43 heavy (non-hydrogen) atoms. The summed E-state index contributed by atoms with van der Waals surface area (Å²) < 4.78 is 6.38. The number of nitrogens with one attached hydrogen (secondary N) is 1. The van der Waals surface area contributed by atoms with Gasteiger partial charge in [-0.2, -0.15) is 0 Å². The molecule has 13 heteroatoms.